The lowest BCUT2D eigenvalue weighted by molar-refractivity contribution is -0.0976. The second-order valence-electron chi connectivity index (χ2n) is 5.88. The van der Waals surface area contributed by atoms with Crippen molar-refractivity contribution in [3.05, 3.63) is 23.8 Å². The van der Waals surface area contributed by atoms with Crippen molar-refractivity contribution in [2.45, 2.75) is 46.3 Å². The van der Waals surface area contributed by atoms with Crippen LogP contribution in [0.3, 0.4) is 0 Å². The van der Waals surface area contributed by atoms with Crippen LogP contribution in [0.4, 0.5) is 5.69 Å². The molecule has 1 fully saturated rings. The molecule has 1 saturated carbocycles. The molecular formula is C16H25NO2. The lowest BCUT2D eigenvalue weighted by atomic mass is 9.64. The van der Waals surface area contributed by atoms with E-state index >= 15 is 0 Å². The second kappa shape index (κ2) is 5.41. The molecule has 106 valence electrons. The van der Waals surface area contributed by atoms with E-state index in [0.717, 1.165) is 18.8 Å². The van der Waals surface area contributed by atoms with Gasteiger partial charge >= 0.3 is 0 Å². The summed E-state index contributed by atoms with van der Waals surface area (Å²) in [7, 11) is 1.70. The van der Waals surface area contributed by atoms with Gasteiger partial charge in [-0.15, -0.1) is 0 Å². The van der Waals surface area contributed by atoms with E-state index in [1.807, 2.05) is 6.07 Å². The van der Waals surface area contributed by atoms with Gasteiger partial charge in [-0.25, -0.2) is 0 Å². The van der Waals surface area contributed by atoms with Crippen LogP contribution in [0.25, 0.3) is 0 Å². The number of anilines is 1. The standard InChI is InChI=1S/C16H25NO2/c1-6-19-15-10-14(16(15,3)4)17-13-8-7-12(18-5)9-11(13)2/h7-9,14-15,17H,6,10H2,1-5H3. The highest BCUT2D eigenvalue weighted by molar-refractivity contribution is 5.55. The van der Waals surface area contributed by atoms with Gasteiger partial charge in [0.25, 0.3) is 0 Å². The van der Waals surface area contributed by atoms with E-state index in [9.17, 15) is 0 Å². The lowest BCUT2D eigenvalue weighted by Gasteiger charge is -2.52. The number of hydrogen-bond donors (Lipinski definition) is 1. The van der Waals surface area contributed by atoms with E-state index < -0.39 is 0 Å². The Morgan fingerprint density at radius 3 is 2.63 bits per heavy atom. The fourth-order valence-corrected chi connectivity index (χ4v) is 2.73. The monoisotopic (exact) mass is 263 g/mol. The molecule has 2 unspecified atom stereocenters. The van der Waals surface area contributed by atoms with Gasteiger partial charge in [0.1, 0.15) is 5.75 Å². The van der Waals surface area contributed by atoms with Crippen molar-refractivity contribution in [3.63, 3.8) is 0 Å². The van der Waals surface area contributed by atoms with E-state index in [-0.39, 0.29) is 5.41 Å². The molecule has 1 aromatic rings. The normalized spacial score (nSPS) is 24.7. The quantitative estimate of drug-likeness (QED) is 0.880. The van der Waals surface area contributed by atoms with Crippen molar-refractivity contribution in [3.8, 4) is 5.75 Å². The molecule has 1 aliphatic carbocycles. The predicted octanol–water partition coefficient (Wildman–Crippen LogP) is 3.62. The summed E-state index contributed by atoms with van der Waals surface area (Å²) in [4.78, 5) is 0. The third-order valence-electron chi connectivity index (χ3n) is 4.31. The van der Waals surface area contributed by atoms with Crippen LogP contribution in [0.15, 0.2) is 18.2 Å². The first kappa shape index (κ1) is 14.2. The zero-order valence-electron chi connectivity index (χ0n) is 12.6. The molecule has 1 N–H and O–H groups in total. The Morgan fingerprint density at radius 2 is 2.11 bits per heavy atom. The smallest absolute Gasteiger partial charge is 0.119 e. The number of benzene rings is 1. The molecule has 0 saturated heterocycles. The zero-order valence-corrected chi connectivity index (χ0v) is 12.6. The van der Waals surface area contributed by atoms with Crippen LogP contribution in [0.5, 0.6) is 5.75 Å². The summed E-state index contributed by atoms with van der Waals surface area (Å²) in [6.07, 6.45) is 1.44. The topological polar surface area (TPSA) is 30.5 Å². The first-order chi connectivity index (χ1) is 8.98. The van der Waals surface area contributed by atoms with Gasteiger partial charge in [-0.2, -0.15) is 0 Å². The molecule has 0 bridgehead atoms. The van der Waals surface area contributed by atoms with Gasteiger partial charge in [0, 0.05) is 23.8 Å². The molecular weight excluding hydrogens is 238 g/mol. The fraction of sp³-hybridized carbons (Fsp3) is 0.625. The molecule has 1 aliphatic rings. The van der Waals surface area contributed by atoms with E-state index in [0.29, 0.717) is 12.1 Å². The average Bonchev–Trinajstić information content (AvgIpc) is 2.39. The Hall–Kier alpha value is -1.22. The summed E-state index contributed by atoms with van der Waals surface area (Å²) in [6, 6.07) is 6.63. The third kappa shape index (κ3) is 2.71. The van der Waals surface area contributed by atoms with E-state index in [1.54, 1.807) is 7.11 Å². The summed E-state index contributed by atoms with van der Waals surface area (Å²) in [5, 5.41) is 3.64. The fourth-order valence-electron chi connectivity index (χ4n) is 2.73. The van der Waals surface area contributed by atoms with Crippen molar-refractivity contribution < 1.29 is 9.47 Å². The third-order valence-corrected chi connectivity index (χ3v) is 4.31. The maximum Gasteiger partial charge on any atom is 0.119 e. The highest BCUT2D eigenvalue weighted by Gasteiger charge is 2.48. The van der Waals surface area contributed by atoms with Crippen LogP contribution in [0, 0.1) is 12.3 Å². The Balaban J connectivity index is 2.03. The minimum Gasteiger partial charge on any atom is -0.497 e. The maximum atomic E-state index is 5.77. The largest absolute Gasteiger partial charge is 0.497 e. The van der Waals surface area contributed by atoms with Crippen molar-refractivity contribution in [1.29, 1.82) is 0 Å². The molecule has 1 aromatic carbocycles. The molecule has 19 heavy (non-hydrogen) atoms. The SMILES string of the molecule is CCOC1CC(Nc2ccc(OC)cc2C)C1(C)C. The molecule has 3 heteroatoms. The number of methoxy groups -OCH3 is 1. The molecule has 0 amide bonds. The molecule has 2 rings (SSSR count). The Morgan fingerprint density at radius 1 is 1.37 bits per heavy atom. The van der Waals surface area contributed by atoms with Gasteiger partial charge in [-0.3, -0.25) is 0 Å². The number of nitrogens with one attached hydrogen (secondary N) is 1. The Bertz CT molecular complexity index is 442. The summed E-state index contributed by atoms with van der Waals surface area (Å²) in [6.45, 7) is 9.50. The van der Waals surface area contributed by atoms with Crippen LogP contribution in [-0.2, 0) is 4.74 Å². The van der Waals surface area contributed by atoms with Crippen LogP contribution in [0.1, 0.15) is 32.8 Å². The molecule has 0 heterocycles. The van der Waals surface area contributed by atoms with E-state index in [1.165, 1.54) is 11.3 Å². The number of rotatable bonds is 5. The predicted molar refractivity (Wildman–Crippen MR) is 79.0 cm³/mol. The van der Waals surface area contributed by atoms with Gasteiger partial charge in [0.15, 0.2) is 0 Å². The second-order valence-corrected chi connectivity index (χ2v) is 5.88. The Kier molecular flexibility index (Phi) is 4.04. The maximum absolute atomic E-state index is 5.77. The summed E-state index contributed by atoms with van der Waals surface area (Å²) in [5.41, 5.74) is 2.59. The molecule has 0 aliphatic heterocycles. The van der Waals surface area contributed by atoms with Gasteiger partial charge in [0.05, 0.1) is 13.2 Å². The number of hydrogen-bond acceptors (Lipinski definition) is 3. The summed E-state index contributed by atoms with van der Waals surface area (Å²) < 4.78 is 11.0. The van der Waals surface area contributed by atoms with Gasteiger partial charge < -0.3 is 14.8 Å². The van der Waals surface area contributed by atoms with Gasteiger partial charge in [-0.1, -0.05) is 13.8 Å². The number of ether oxygens (including phenoxy) is 2. The van der Waals surface area contributed by atoms with Crippen molar-refractivity contribution in [2.75, 3.05) is 19.0 Å². The Labute approximate surface area is 116 Å². The molecule has 0 radical (unpaired) electrons. The molecule has 2 atom stereocenters. The van der Waals surface area contributed by atoms with Crippen LogP contribution in [-0.4, -0.2) is 25.9 Å². The average molecular weight is 263 g/mol. The first-order valence-corrected chi connectivity index (χ1v) is 7.01. The van der Waals surface area contributed by atoms with Crippen molar-refractivity contribution in [1.82, 2.24) is 0 Å². The van der Waals surface area contributed by atoms with E-state index in [2.05, 4.69) is 45.1 Å². The summed E-state index contributed by atoms with van der Waals surface area (Å²) >= 11 is 0. The van der Waals surface area contributed by atoms with Crippen LogP contribution in [0.2, 0.25) is 0 Å². The minimum absolute atomic E-state index is 0.183. The highest BCUT2D eigenvalue weighted by Crippen LogP contribution is 2.44. The van der Waals surface area contributed by atoms with E-state index in [4.69, 9.17) is 9.47 Å². The van der Waals surface area contributed by atoms with Crippen LogP contribution < -0.4 is 10.1 Å². The van der Waals surface area contributed by atoms with Gasteiger partial charge in [-0.05, 0) is 44.0 Å². The molecule has 0 aromatic heterocycles. The zero-order chi connectivity index (χ0) is 14.0. The minimum atomic E-state index is 0.183. The van der Waals surface area contributed by atoms with Crippen molar-refractivity contribution in [2.24, 2.45) is 5.41 Å². The lowest BCUT2D eigenvalue weighted by Crippen LogP contribution is -2.58. The molecule has 0 spiro atoms. The summed E-state index contributed by atoms with van der Waals surface area (Å²) in [5.74, 6) is 0.906. The van der Waals surface area contributed by atoms with Gasteiger partial charge in [0.2, 0.25) is 0 Å². The highest BCUT2D eigenvalue weighted by atomic mass is 16.5. The van der Waals surface area contributed by atoms with Crippen LogP contribution >= 0.6 is 0 Å². The first-order valence-electron chi connectivity index (χ1n) is 7.01. The van der Waals surface area contributed by atoms with Crippen molar-refractivity contribution >= 4 is 5.69 Å². The number of aryl methyl sites for hydroxylation is 1. The molecule has 3 nitrogen and oxygen atoms in total.